The molecule has 7 nitrogen and oxygen atoms in total. The van der Waals surface area contributed by atoms with E-state index in [9.17, 15) is 13.2 Å². The van der Waals surface area contributed by atoms with Crippen LogP contribution >= 0.6 is 12.4 Å². The minimum absolute atomic E-state index is 0. The number of piperazine rings is 1. The van der Waals surface area contributed by atoms with Gasteiger partial charge in [0.2, 0.25) is 5.91 Å². The Morgan fingerprint density at radius 1 is 1.12 bits per heavy atom. The van der Waals surface area contributed by atoms with Crippen LogP contribution in [-0.4, -0.2) is 55.2 Å². The lowest BCUT2D eigenvalue weighted by atomic mass is 10.2. The summed E-state index contributed by atoms with van der Waals surface area (Å²) in [6.07, 6.45) is 1.45. The molecule has 1 amide bonds. The van der Waals surface area contributed by atoms with E-state index in [1.807, 2.05) is 0 Å². The van der Waals surface area contributed by atoms with E-state index in [-0.39, 0.29) is 31.4 Å². The van der Waals surface area contributed by atoms with Crippen LogP contribution in [0, 0.1) is 0 Å². The van der Waals surface area contributed by atoms with Crippen LogP contribution < -0.4 is 10.9 Å². The molecule has 0 aromatic heterocycles. The van der Waals surface area contributed by atoms with Gasteiger partial charge in [-0.1, -0.05) is 0 Å². The van der Waals surface area contributed by atoms with Gasteiger partial charge in [-0.2, -0.15) is 12.7 Å². The van der Waals surface area contributed by atoms with Gasteiger partial charge in [0.1, 0.15) is 0 Å². The summed E-state index contributed by atoms with van der Waals surface area (Å²) < 4.78 is 23.3. The quantitative estimate of drug-likeness (QED) is 0.626. The SMILES string of the molecule is Cl.NC1(C(=O)N2CCN(S(N)(=O)=O)CC2)CC1. The smallest absolute Gasteiger partial charge is 0.277 e. The summed E-state index contributed by atoms with van der Waals surface area (Å²) in [4.78, 5) is 13.5. The first-order chi connectivity index (χ1) is 7.33. The first-order valence-electron chi connectivity index (χ1n) is 5.19. The number of nitrogens with zero attached hydrogens (tertiary/aromatic N) is 2. The van der Waals surface area contributed by atoms with Crippen LogP contribution in [0.4, 0.5) is 0 Å². The van der Waals surface area contributed by atoms with Gasteiger partial charge >= 0.3 is 0 Å². The van der Waals surface area contributed by atoms with E-state index in [0.29, 0.717) is 13.1 Å². The normalized spacial score (nSPS) is 24.0. The zero-order chi connectivity index (χ0) is 12.0. The third kappa shape index (κ3) is 3.08. The van der Waals surface area contributed by atoms with Crippen molar-refractivity contribution in [1.29, 1.82) is 0 Å². The number of amides is 1. The molecule has 1 aliphatic carbocycles. The maximum Gasteiger partial charge on any atom is 0.277 e. The molecule has 2 fully saturated rings. The molecule has 1 saturated carbocycles. The summed E-state index contributed by atoms with van der Waals surface area (Å²) in [5.74, 6) is -0.0680. The summed E-state index contributed by atoms with van der Waals surface area (Å²) in [6.45, 7) is 1.24. The Bertz CT molecular complexity index is 401. The van der Waals surface area contributed by atoms with Crippen LogP contribution in [0.2, 0.25) is 0 Å². The second-order valence-corrected chi connectivity index (χ2v) is 5.94. The van der Waals surface area contributed by atoms with Crippen molar-refractivity contribution in [3.05, 3.63) is 0 Å². The van der Waals surface area contributed by atoms with Gasteiger partial charge in [-0.3, -0.25) is 4.79 Å². The first kappa shape index (κ1) is 14.7. The Labute approximate surface area is 107 Å². The van der Waals surface area contributed by atoms with Gasteiger partial charge in [0.05, 0.1) is 5.54 Å². The summed E-state index contributed by atoms with van der Waals surface area (Å²) in [6, 6.07) is 0. The molecule has 100 valence electrons. The van der Waals surface area contributed by atoms with Crippen LogP contribution in [0.25, 0.3) is 0 Å². The molecule has 1 heterocycles. The zero-order valence-corrected chi connectivity index (χ0v) is 11.0. The largest absolute Gasteiger partial charge is 0.338 e. The highest BCUT2D eigenvalue weighted by Gasteiger charge is 2.48. The fraction of sp³-hybridized carbons (Fsp3) is 0.875. The summed E-state index contributed by atoms with van der Waals surface area (Å²) >= 11 is 0. The molecule has 0 bridgehead atoms. The molecule has 17 heavy (non-hydrogen) atoms. The highest BCUT2D eigenvalue weighted by molar-refractivity contribution is 7.86. The molecule has 0 atom stereocenters. The molecule has 2 rings (SSSR count). The standard InChI is InChI=1S/C8H16N4O3S.ClH/c9-8(1-2-8)7(13)11-3-5-12(6-4-11)16(10,14)15;/h1-6,9H2,(H2,10,14,15);1H. The molecular formula is C8H17ClN4O3S. The van der Waals surface area contributed by atoms with Crippen molar-refractivity contribution >= 4 is 28.5 Å². The monoisotopic (exact) mass is 284 g/mol. The molecule has 1 aliphatic heterocycles. The Morgan fingerprint density at radius 2 is 1.59 bits per heavy atom. The molecule has 1 saturated heterocycles. The summed E-state index contributed by atoms with van der Waals surface area (Å²) in [7, 11) is -3.63. The van der Waals surface area contributed by atoms with Crippen LogP contribution in [0.5, 0.6) is 0 Å². The van der Waals surface area contributed by atoms with Crippen molar-refractivity contribution in [1.82, 2.24) is 9.21 Å². The number of halogens is 1. The predicted molar refractivity (Wildman–Crippen MR) is 64.7 cm³/mol. The fourth-order valence-electron chi connectivity index (χ4n) is 1.81. The van der Waals surface area contributed by atoms with Gasteiger partial charge < -0.3 is 10.6 Å². The molecule has 9 heteroatoms. The van der Waals surface area contributed by atoms with Gasteiger partial charge in [-0.15, -0.1) is 12.4 Å². The van der Waals surface area contributed by atoms with Crippen molar-refractivity contribution in [2.75, 3.05) is 26.2 Å². The number of hydrogen-bond acceptors (Lipinski definition) is 4. The van der Waals surface area contributed by atoms with Crippen LogP contribution in [-0.2, 0) is 15.0 Å². The van der Waals surface area contributed by atoms with Crippen molar-refractivity contribution in [2.24, 2.45) is 10.9 Å². The lowest BCUT2D eigenvalue weighted by molar-refractivity contribution is -0.134. The highest BCUT2D eigenvalue weighted by Crippen LogP contribution is 2.34. The van der Waals surface area contributed by atoms with E-state index in [1.54, 1.807) is 4.90 Å². The highest BCUT2D eigenvalue weighted by atomic mass is 35.5. The van der Waals surface area contributed by atoms with E-state index in [1.165, 1.54) is 4.31 Å². The lowest BCUT2D eigenvalue weighted by Gasteiger charge is -2.34. The Morgan fingerprint density at radius 3 is 1.94 bits per heavy atom. The molecule has 0 spiro atoms. The Balaban J connectivity index is 0.00000144. The van der Waals surface area contributed by atoms with E-state index >= 15 is 0 Å². The Kier molecular flexibility index (Phi) is 4.04. The number of carbonyl (C=O) groups is 1. The second kappa shape index (κ2) is 4.69. The predicted octanol–water partition coefficient (Wildman–Crippen LogP) is -1.75. The average Bonchev–Trinajstić information content (AvgIpc) is 2.96. The first-order valence-corrected chi connectivity index (χ1v) is 6.69. The molecule has 0 aromatic carbocycles. The maximum atomic E-state index is 11.8. The van der Waals surface area contributed by atoms with E-state index in [4.69, 9.17) is 10.9 Å². The Hall–Kier alpha value is -0.410. The van der Waals surface area contributed by atoms with Gasteiger partial charge in [-0.25, -0.2) is 5.14 Å². The molecule has 0 aromatic rings. The summed E-state index contributed by atoms with van der Waals surface area (Å²) in [5.41, 5.74) is 5.12. The molecular weight excluding hydrogens is 268 g/mol. The third-order valence-electron chi connectivity index (χ3n) is 3.10. The summed E-state index contributed by atoms with van der Waals surface area (Å²) in [5, 5.41) is 5.00. The van der Waals surface area contributed by atoms with Gasteiger partial charge in [0.15, 0.2) is 0 Å². The van der Waals surface area contributed by atoms with Gasteiger partial charge in [0, 0.05) is 26.2 Å². The molecule has 2 aliphatic rings. The number of nitrogens with two attached hydrogens (primary N) is 2. The third-order valence-corrected chi connectivity index (χ3v) is 4.19. The van der Waals surface area contributed by atoms with Crippen LogP contribution in [0.1, 0.15) is 12.8 Å². The molecule has 0 unspecified atom stereocenters. The van der Waals surface area contributed by atoms with Crippen molar-refractivity contribution in [2.45, 2.75) is 18.4 Å². The van der Waals surface area contributed by atoms with Crippen LogP contribution in [0.3, 0.4) is 0 Å². The maximum absolute atomic E-state index is 11.8. The molecule has 4 N–H and O–H groups in total. The molecule has 0 radical (unpaired) electrons. The minimum Gasteiger partial charge on any atom is -0.338 e. The topological polar surface area (TPSA) is 110 Å². The number of hydrogen-bond donors (Lipinski definition) is 2. The van der Waals surface area contributed by atoms with Gasteiger partial charge in [-0.05, 0) is 12.8 Å². The fourth-order valence-corrected chi connectivity index (χ4v) is 2.48. The van der Waals surface area contributed by atoms with Crippen LogP contribution in [0.15, 0.2) is 0 Å². The van der Waals surface area contributed by atoms with E-state index in [0.717, 1.165) is 12.8 Å². The number of carbonyl (C=O) groups excluding carboxylic acids is 1. The van der Waals surface area contributed by atoms with E-state index in [2.05, 4.69) is 0 Å². The van der Waals surface area contributed by atoms with E-state index < -0.39 is 15.7 Å². The van der Waals surface area contributed by atoms with Crippen molar-refractivity contribution in [3.63, 3.8) is 0 Å². The minimum atomic E-state index is -3.63. The van der Waals surface area contributed by atoms with Gasteiger partial charge in [0.25, 0.3) is 10.2 Å². The second-order valence-electron chi connectivity index (χ2n) is 4.39. The lowest BCUT2D eigenvalue weighted by Crippen LogP contribution is -2.56. The zero-order valence-electron chi connectivity index (χ0n) is 9.33. The van der Waals surface area contributed by atoms with Crippen molar-refractivity contribution < 1.29 is 13.2 Å². The van der Waals surface area contributed by atoms with Crippen molar-refractivity contribution in [3.8, 4) is 0 Å². The average molecular weight is 285 g/mol. The number of rotatable bonds is 2.